The van der Waals surface area contributed by atoms with Crippen molar-refractivity contribution in [1.29, 1.82) is 10.7 Å². The minimum Gasteiger partial charge on any atom is -0.403 e. The maximum Gasteiger partial charge on any atom is 0.281 e. The normalized spacial score (nSPS) is 10.4. The topological polar surface area (TPSA) is 106 Å². The van der Waals surface area contributed by atoms with Gasteiger partial charge in [0.15, 0.2) is 0 Å². The molecule has 0 bridgehead atoms. The molecule has 0 atom stereocenters. The predicted molar refractivity (Wildman–Crippen MR) is 61.0 cm³/mol. The Morgan fingerprint density at radius 3 is 2.75 bits per heavy atom. The first-order valence-electron chi connectivity index (χ1n) is 5.09. The SMILES string of the molecule is CCCCCN(C=N)NC(=O)C(C#N)=CN. The average molecular weight is 223 g/mol. The monoisotopic (exact) mass is 223 g/mol. The quantitative estimate of drug-likeness (QED) is 0.146. The van der Waals surface area contributed by atoms with Gasteiger partial charge in [0.25, 0.3) is 5.91 Å². The Bertz CT molecular complexity index is 305. The highest BCUT2D eigenvalue weighted by Crippen LogP contribution is 1.96. The summed E-state index contributed by atoms with van der Waals surface area (Å²) in [6, 6.07) is 1.67. The molecule has 0 fully saturated rings. The van der Waals surface area contributed by atoms with Crippen LogP contribution in [0.25, 0.3) is 0 Å². The van der Waals surface area contributed by atoms with Gasteiger partial charge in [0.2, 0.25) is 0 Å². The smallest absolute Gasteiger partial charge is 0.281 e. The van der Waals surface area contributed by atoms with Crippen molar-refractivity contribution in [3.63, 3.8) is 0 Å². The second kappa shape index (κ2) is 8.29. The first-order valence-corrected chi connectivity index (χ1v) is 5.09. The van der Waals surface area contributed by atoms with Gasteiger partial charge in [-0.25, -0.2) is 0 Å². The van der Waals surface area contributed by atoms with Gasteiger partial charge in [0, 0.05) is 12.7 Å². The van der Waals surface area contributed by atoms with Crippen LogP contribution in [0.2, 0.25) is 0 Å². The van der Waals surface area contributed by atoms with Crippen LogP contribution in [0, 0.1) is 16.7 Å². The Balaban J connectivity index is 4.17. The minimum absolute atomic E-state index is 0.164. The van der Waals surface area contributed by atoms with Crippen molar-refractivity contribution in [2.75, 3.05) is 6.54 Å². The second-order valence-electron chi connectivity index (χ2n) is 3.16. The Morgan fingerprint density at radius 2 is 2.31 bits per heavy atom. The molecule has 1 amide bonds. The van der Waals surface area contributed by atoms with E-state index >= 15 is 0 Å². The number of amides is 1. The number of nitrogens with one attached hydrogen (secondary N) is 2. The van der Waals surface area contributed by atoms with Gasteiger partial charge >= 0.3 is 0 Å². The molecule has 0 unspecified atom stereocenters. The Labute approximate surface area is 95.2 Å². The zero-order valence-corrected chi connectivity index (χ0v) is 9.36. The molecule has 0 aliphatic carbocycles. The summed E-state index contributed by atoms with van der Waals surface area (Å²) < 4.78 is 0. The Morgan fingerprint density at radius 1 is 1.62 bits per heavy atom. The molecule has 0 radical (unpaired) electrons. The maximum atomic E-state index is 11.4. The largest absolute Gasteiger partial charge is 0.403 e. The third-order valence-corrected chi connectivity index (χ3v) is 1.94. The summed E-state index contributed by atoms with van der Waals surface area (Å²) in [5.74, 6) is -0.593. The number of unbranched alkanes of at least 4 members (excludes halogenated alkanes) is 2. The predicted octanol–water partition coefficient (Wildman–Crippen LogP) is 0.483. The molecule has 0 saturated heterocycles. The zero-order valence-electron chi connectivity index (χ0n) is 9.36. The average Bonchev–Trinajstić information content (AvgIpc) is 2.29. The molecule has 0 aliphatic rings. The van der Waals surface area contributed by atoms with E-state index in [9.17, 15) is 4.79 Å². The number of nitriles is 1. The van der Waals surface area contributed by atoms with Gasteiger partial charge in [-0.1, -0.05) is 19.8 Å². The van der Waals surface area contributed by atoms with Crippen LogP contribution in [-0.4, -0.2) is 23.8 Å². The molecule has 0 aromatic heterocycles. The first-order chi connectivity index (χ1) is 7.69. The lowest BCUT2D eigenvalue weighted by Crippen LogP contribution is -2.42. The lowest BCUT2D eigenvalue weighted by atomic mass is 10.2. The molecule has 88 valence electrons. The molecule has 0 aromatic rings. The number of nitrogens with zero attached hydrogens (tertiary/aromatic N) is 2. The van der Waals surface area contributed by atoms with E-state index in [1.54, 1.807) is 6.07 Å². The number of hydrazine groups is 1. The molecule has 16 heavy (non-hydrogen) atoms. The fourth-order valence-electron chi connectivity index (χ4n) is 1.04. The van der Waals surface area contributed by atoms with Gasteiger partial charge in [-0.15, -0.1) is 0 Å². The minimum atomic E-state index is -0.593. The van der Waals surface area contributed by atoms with Crippen molar-refractivity contribution in [3.05, 3.63) is 11.8 Å². The molecule has 4 N–H and O–H groups in total. The third kappa shape index (κ3) is 5.00. The maximum absolute atomic E-state index is 11.4. The van der Waals surface area contributed by atoms with Gasteiger partial charge in [-0.3, -0.25) is 20.6 Å². The number of hydrogen-bond donors (Lipinski definition) is 3. The summed E-state index contributed by atoms with van der Waals surface area (Å²) in [6.07, 6.45) is 4.92. The summed E-state index contributed by atoms with van der Waals surface area (Å²) in [5, 5.41) is 17.0. The van der Waals surface area contributed by atoms with E-state index in [1.807, 2.05) is 0 Å². The van der Waals surface area contributed by atoms with E-state index < -0.39 is 5.91 Å². The summed E-state index contributed by atoms with van der Waals surface area (Å²) in [6.45, 7) is 2.62. The molecule has 0 aliphatic heterocycles. The summed E-state index contributed by atoms with van der Waals surface area (Å²) in [7, 11) is 0. The molecular weight excluding hydrogens is 206 g/mol. The van der Waals surface area contributed by atoms with Crippen LogP contribution in [0.3, 0.4) is 0 Å². The Hall–Kier alpha value is -2.03. The van der Waals surface area contributed by atoms with Gasteiger partial charge in [-0.05, 0) is 6.42 Å². The fourth-order valence-corrected chi connectivity index (χ4v) is 1.04. The van der Waals surface area contributed by atoms with Crippen molar-refractivity contribution in [3.8, 4) is 6.07 Å². The van der Waals surface area contributed by atoms with Crippen molar-refractivity contribution in [2.24, 2.45) is 5.73 Å². The highest BCUT2D eigenvalue weighted by atomic mass is 16.2. The van der Waals surface area contributed by atoms with E-state index in [2.05, 4.69) is 12.3 Å². The lowest BCUT2D eigenvalue weighted by molar-refractivity contribution is -0.120. The molecule has 0 spiro atoms. The first kappa shape index (κ1) is 14.0. The number of hydrogen-bond acceptors (Lipinski definition) is 4. The van der Waals surface area contributed by atoms with Crippen LogP contribution in [0.1, 0.15) is 26.2 Å². The molecule has 6 heteroatoms. The standard InChI is InChI=1S/C10H17N5O/c1-2-3-4-5-15(8-13)14-10(16)9(6-11)7-12/h6,8,13H,2-5,11H2,1H3,(H,14,16). The van der Waals surface area contributed by atoms with E-state index in [0.29, 0.717) is 6.54 Å². The molecule has 0 rings (SSSR count). The summed E-state index contributed by atoms with van der Waals surface area (Å²) >= 11 is 0. The molecular formula is C10H17N5O. The van der Waals surface area contributed by atoms with Crippen LogP contribution in [0.15, 0.2) is 11.8 Å². The molecule has 0 saturated carbocycles. The second-order valence-corrected chi connectivity index (χ2v) is 3.16. The van der Waals surface area contributed by atoms with Crippen molar-refractivity contribution in [2.45, 2.75) is 26.2 Å². The summed E-state index contributed by atoms with van der Waals surface area (Å²) in [5.41, 5.74) is 7.35. The van der Waals surface area contributed by atoms with Crippen LogP contribution >= 0.6 is 0 Å². The van der Waals surface area contributed by atoms with Gasteiger partial charge in [0.05, 0.1) is 0 Å². The number of rotatable bonds is 7. The van der Waals surface area contributed by atoms with Gasteiger partial charge in [0.1, 0.15) is 18.0 Å². The lowest BCUT2D eigenvalue weighted by Gasteiger charge is -2.19. The van der Waals surface area contributed by atoms with Crippen molar-refractivity contribution in [1.82, 2.24) is 10.4 Å². The van der Waals surface area contributed by atoms with Crippen LogP contribution in [0.4, 0.5) is 0 Å². The highest BCUT2D eigenvalue weighted by molar-refractivity contribution is 5.97. The molecule has 0 heterocycles. The van der Waals surface area contributed by atoms with Crippen molar-refractivity contribution >= 4 is 12.2 Å². The van der Waals surface area contributed by atoms with E-state index in [1.165, 1.54) is 5.01 Å². The fraction of sp³-hybridized carbons (Fsp3) is 0.500. The van der Waals surface area contributed by atoms with E-state index in [0.717, 1.165) is 31.8 Å². The third-order valence-electron chi connectivity index (χ3n) is 1.94. The van der Waals surface area contributed by atoms with E-state index in [-0.39, 0.29) is 5.57 Å². The van der Waals surface area contributed by atoms with Crippen LogP contribution in [0.5, 0.6) is 0 Å². The number of carbonyl (C=O) groups is 1. The van der Waals surface area contributed by atoms with E-state index in [4.69, 9.17) is 16.4 Å². The molecule has 0 aromatic carbocycles. The summed E-state index contributed by atoms with van der Waals surface area (Å²) in [4.78, 5) is 11.4. The van der Waals surface area contributed by atoms with Gasteiger partial charge < -0.3 is 5.73 Å². The van der Waals surface area contributed by atoms with Gasteiger partial charge in [-0.2, -0.15) is 5.26 Å². The van der Waals surface area contributed by atoms with Crippen molar-refractivity contribution < 1.29 is 4.79 Å². The van der Waals surface area contributed by atoms with Crippen LogP contribution in [-0.2, 0) is 4.79 Å². The van der Waals surface area contributed by atoms with Crippen LogP contribution < -0.4 is 11.2 Å². The number of nitrogens with two attached hydrogens (primary N) is 1. The molecule has 6 nitrogen and oxygen atoms in total. The number of carbonyl (C=O) groups excluding carboxylic acids is 1. The zero-order chi connectivity index (χ0) is 12.4. The Kier molecular flexibility index (Phi) is 7.24. The highest BCUT2D eigenvalue weighted by Gasteiger charge is 2.10.